The van der Waals surface area contributed by atoms with Crippen LogP contribution in [0.1, 0.15) is 19.3 Å². The van der Waals surface area contributed by atoms with Crippen molar-refractivity contribution in [2.24, 2.45) is 0 Å². The highest BCUT2D eigenvalue weighted by Crippen LogP contribution is 1.89. The second kappa shape index (κ2) is 15.4. The lowest BCUT2D eigenvalue weighted by atomic mass is 10.3. The van der Waals surface area contributed by atoms with Crippen molar-refractivity contribution >= 4 is 35.8 Å². The molecule has 0 radical (unpaired) electrons. The van der Waals surface area contributed by atoms with Gasteiger partial charge in [-0.25, -0.2) is 14.4 Å². The lowest BCUT2D eigenvalue weighted by Gasteiger charge is -1.97. The zero-order chi connectivity index (χ0) is 20.6. The van der Waals surface area contributed by atoms with Crippen LogP contribution >= 0.6 is 0 Å². The third kappa shape index (κ3) is 33.4. The van der Waals surface area contributed by atoms with Gasteiger partial charge in [0, 0.05) is 12.2 Å². The van der Waals surface area contributed by atoms with Crippen molar-refractivity contribution in [2.75, 3.05) is 0 Å². The van der Waals surface area contributed by atoms with E-state index >= 15 is 0 Å². The van der Waals surface area contributed by atoms with Gasteiger partial charge in [0.05, 0.1) is 19.3 Å². The van der Waals surface area contributed by atoms with Crippen molar-refractivity contribution in [3.63, 3.8) is 0 Å². The van der Waals surface area contributed by atoms with E-state index in [1.54, 1.807) is 0 Å². The van der Waals surface area contributed by atoms with E-state index in [1.807, 2.05) is 0 Å². The number of carboxylic acids is 6. The molecule has 0 aromatic heterocycles. The Hall–Kier alpha value is -3.48. The Kier molecular flexibility index (Phi) is 16.3. The van der Waals surface area contributed by atoms with Gasteiger partial charge in [0.15, 0.2) is 6.10 Å². The summed E-state index contributed by atoms with van der Waals surface area (Å²) in [7, 11) is 0. The molecule has 1 unspecified atom stereocenters. The van der Waals surface area contributed by atoms with Crippen LogP contribution in [-0.2, 0) is 28.8 Å². The fraction of sp³-hybridized carbons (Fsp3) is 0.333. The van der Waals surface area contributed by atoms with Gasteiger partial charge in [-0.15, -0.1) is 0 Å². The third-order valence-corrected chi connectivity index (χ3v) is 1.57. The van der Waals surface area contributed by atoms with Crippen LogP contribution in [0.25, 0.3) is 0 Å². The Bertz CT molecular complexity index is 489. The second-order valence-corrected chi connectivity index (χ2v) is 3.75. The Morgan fingerprint density at radius 3 is 1.08 bits per heavy atom. The summed E-state index contributed by atoms with van der Waals surface area (Å²) in [5.74, 6) is -7.51. The normalized spacial score (nSPS) is 10.3. The molecule has 0 spiro atoms. The first-order valence-electron chi connectivity index (χ1n) is 5.99. The van der Waals surface area contributed by atoms with E-state index < -0.39 is 48.3 Å². The lowest BCUT2D eigenvalue weighted by molar-refractivity contribution is -0.152. The predicted molar refractivity (Wildman–Crippen MR) is 74.8 cm³/mol. The molecule has 0 saturated heterocycles. The van der Waals surface area contributed by atoms with Crippen LogP contribution in [0.4, 0.5) is 0 Å². The molecule has 25 heavy (non-hydrogen) atoms. The second-order valence-electron chi connectivity index (χ2n) is 3.75. The molecule has 0 saturated carbocycles. The van der Waals surface area contributed by atoms with Crippen LogP contribution in [0.2, 0.25) is 0 Å². The third-order valence-electron chi connectivity index (χ3n) is 1.57. The summed E-state index contributed by atoms with van der Waals surface area (Å²) < 4.78 is 0. The molecule has 0 amide bonds. The van der Waals surface area contributed by atoms with E-state index in [-0.39, 0.29) is 12.8 Å². The number of hydrogen-bond donors (Lipinski definition) is 7. The van der Waals surface area contributed by atoms with Crippen LogP contribution in [0.3, 0.4) is 0 Å². The number of rotatable bonds is 8. The summed E-state index contributed by atoms with van der Waals surface area (Å²) in [5.41, 5.74) is 0. The van der Waals surface area contributed by atoms with E-state index in [2.05, 4.69) is 0 Å². The monoisotopic (exact) mass is 368 g/mol. The smallest absolute Gasteiger partial charge is 0.333 e. The molecule has 13 nitrogen and oxygen atoms in total. The number of carboxylic acid groups (broad SMARTS) is 6. The minimum absolute atomic E-state index is 0.296. The average Bonchev–Trinajstić information content (AvgIpc) is 2.43. The molecule has 0 aliphatic heterocycles. The number of carbonyl (C=O) groups is 6. The summed E-state index contributed by atoms with van der Waals surface area (Å²) in [4.78, 5) is 57.8. The van der Waals surface area contributed by atoms with E-state index in [1.165, 1.54) is 0 Å². The fourth-order valence-corrected chi connectivity index (χ4v) is 0.609. The largest absolute Gasteiger partial charge is 0.481 e. The molecular weight excluding hydrogens is 352 g/mol. The summed E-state index contributed by atoms with van der Waals surface area (Å²) in [6.45, 7) is 0. The first-order chi connectivity index (χ1) is 11.3. The van der Waals surface area contributed by atoms with Gasteiger partial charge in [-0.1, -0.05) is 0 Å². The minimum atomic E-state index is -1.79. The van der Waals surface area contributed by atoms with Crippen LogP contribution in [0, 0.1) is 0 Å². The fourth-order valence-electron chi connectivity index (χ4n) is 0.609. The average molecular weight is 368 g/mol. The number of aliphatic hydroxyl groups is 1. The predicted octanol–water partition coefficient (Wildman–Crippen LogP) is -1.45. The molecule has 13 heteroatoms. The van der Waals surface area contributed by atoms with E-state index in [9.17, 15) is 28.8 Å². The Labute approximate surface area is 139 Å². The summed E-state index contributed by atoms with van der Waals surface area (Å²) >= 11 is 0. The molecule has 0 aliphatic carbocycles. The Morgan fingerprint density at radius 2 is 0.960 bits per heavy atom. The lowest BCUT2D eigenvalue weighted by Crippen LogP contribution is -2.22. The minimum Gasteiger partial charge on any atom is -0.481 e. The molecule has 7 N–H and O–H groups in total. The van der Waals surface area contributed by atoms with Crippen molar-refractivity contribution < 1.29 is 64.5 Å². The number of aliphatic carboxylic acids is 6. The molecule has 0 aromatic rings. The standard InChI is InChI=1S/C4H6O5.C4H6O4.C4H4O4/c5-2(4(8)9)1-3(6)7;2*5-3(6)1-2-4(7)8/h2,5H,1H2,(H,6,7)(H,8,9);1-2H2,(H,5,6)(H,7,8);1-2H,(H,5,6)(H,7,8)/b;;2-1+. The van der Waals surface area contributed by atoms with Gasteiger partial charge < -0.3 is 35.7 Å². The molecule has 0 bridgehead atoms. The maximum Gasteiger partial charge on any atom is 0.333 e. The highest BCUT2D eigenvalue weighted by atomic mass is 16.4. The van der Waals surface area contributed by atoms with Gasteiger partial charge in [0.1, 0.15) is 0 Å². The van der Waals surface area contributed by atoms with Crippen molar-refractivity contribution in [1.82, 2.24) is 0 Å². The first-order valence-corrected chi connectivity index (χ1v) is 5.99. The molecule has 1 atom stereocenters. The van der Waals surface area contributed by atoms with E-state index in [4.69, 9.17) is 35.7 Å². The first kappa shape index (κ1) is 26.4. The van der Waals surface area contributed by atoms with Crippen LogP contribution in [-0.4, -0.2) is 77.7 Å². The number of hydrogen-bond acceptors (Lipinski definition) is 7. The van der Waals surface area contributed by atoms with Crippen molar-refractivity contribution in [3.8, 4) is 0 Å². The molecule has 0 aliphatic rings. The molecule has 0 heterocycles. The molecule has 0 aromatic carbocycles. The Balaban J connectivity index is -0.000000291. The van der Waals surface area contributed by atoms with Crippen LogP contribution < -0.4 is 0 Å². The highest BCUT2D eigenvalue weighted by Gasteiger charge is 2.16. The zero-order valence-electron chi connectivity index (χ0n) is 12.4. The summed E-state index contributed by atoms with van der Waals surface area (Å²) in [6, 6.07) is 0. The molecule has 0 rings (SSSR count). The molecule has 0 fully saturated rings. The van der Waals surface area contributed by atoms with Crippen molar-refractivity contribution in [2.45, 2.75) is 25.4 Å². The van der Waals surface area contributed by atoms with Gasteiger partial charge in [0.25, 0.3) is 0 Å². The van der Waals surface area contributed by atoms with Crippen LogP contribution in [0.5, 0.6) is 0 Å². The number of aliphatic hydroxyl groups excluding tert-OH is 1. The molecule has 142 valence electrons. The van der Waals surface area contributed by atoms with Gasteiger partial charge in [-0.05, 0) is 0 Å². The SMILES string of the molecule is O=C(O)/C=C/C(=O)O.O=C(O)CC(O)C(=O)O.O=C(O)CCC(=O)O. The van der Waals surface area contributed by atoms with E-state index in [0.29, 0.717) is 12.2 Å². The quantitative estimate of drug-likeness (QED) is 0.243. The Morgan fingerprint density at radius 1 is 0.640 bits per heavy atom. The topological polar surface area (TPSA) is 244 Å². The van der Waals surface area contributed by atoms with Crippen LogP contribution in [0.15, 0.2) is 12.2 Å². The maximum atomic E-state index is 9.72. The van der Waals surface area contributed by atoms with Gasteiger partial charge in [0.2, 0.25) is 0 Å². The molecular formula is C12H16O13. The summed E-state index contributed by atoms with van der Waals surface area (Å²) in [5, 5.41) is 55.6. The highest BCUT2D eigenvalue weighted by molar-refractivity contribution is 5.89. The maximum absolute atomic E-state index is 9.72. The van der Waals surface area contributed by atoms with Crippen molar-refractivity contribution in [3.05, 3.63) is 12.2 Å². The van der Waals surface area contributed by atoms with E-state index in [0.717, 1.165) is 0 Å². The van der Waals surface area contributed by atoms with Gasteiger partial charge >= 0.3 is 35.8 Å². The van der Waals surface area contributed by atoms with Crippen molar-refractivity contribution in [1.29, 1.82) is 0 Å². The van der Waals surface area contributed by atoms with Gasteiger partial charge in [-0.2, -0.15) is 0 Å². The summed E-state index contributed by atoms with van der Waals surface area (Å²) in [6.07, 6.45) is -2.02. The zero-order valence-corrected chi connectivity index (χ0v) is 12.4. The van der Waals surface area contributed by atoms with Gasteiger partial charge in [-0.3, -0.25) is 14.4 Å².